The largest absolute Gasteiger partial charge is 1.00 e. The molecule has 26 heavy (non-hydrogen) atoms. The molecule has 1 heterocycles. The van der Waals surface area contributed by atoms with Crippen LogP contribution in [0.25, 0.3) is 12.2 Å². The van der Waals surface area contributed by atoms with Gasteiger partial charge in [-0.3, -0.25) is 0 Å². The molecule has 142 valence electrons. The van der Waals surface area contributed by atoms with Gasteiger partial charge in [0.1, 0.15) is 6.54 Å². The Bertz CT molecular complexity index is 668. The maximum absolute atomic E-state index is 9.63. The third kappa shape index (κ3) is 7.61. The highest BCUT2D eigenvalue weighted by Gasteiger charge is 2.02. The summed E-state index contributed by atoms with van der Waals surface area (Å²) in [7, 11) is 1.56. The van der Waals surface area contributed by atoms with Gasteiger partial charge >= 0.3 is 0 Å². The first-order valence-electron chi connectivity index (χ1n) is 9.27. The van der Waals surface area contributed by atoms with Gasteiger partial charge in [0.25, 0.3) is 0 Å². The topological polar surface area (TPSA) is 33.3 Å². The maximum atomic E-state index is 9.63. The van der Waals surface area contributed by atoms with E-state index in [1.807, 2.05) is 18.2 Å². The Morgan fingerprint density at radius 1 is 0.923 bits per heavy atom. The molecule has 2 rings (SSSR count). The minimum absolute atomic E-state index is 0. The monoisotopic (exact) mass is 419 g/mol. The van der Waals surface area contributed by atoms with E-state index >= 15 is 0 Å². The van der Waals surface area contributed by atoms with E-state index in [2.05, 4.69) is 42.1 Å². The minimum Gasteiger partial charge on any atom is -1.00 e. The molecule has 0 fully saturated rings. The summed E-state index contributed by atoms with van der Waals surface area (Å²) in [6.07, 6.45) is 16.3. The Hall–Kier alpha value is -1.81. The highest BCUT2D eigenvalue weighted by atomic mass is 79.9. The molecule has 0 unspecified atom stereocenters. The molecular weight excluding hydrogens is 390 g/mol. The standard InChI is InChI=1S/C22H29NO2.BrH/c1-3-4-5-6-7-8-15-23-16-13-19(14-17-23)9-10-20-11-12-21(24)22(18-20)25-2;/h9-14,16-18H,3-8,15H2,1-2H3;1H. The number of methoxy groups -OCH3 is 1. The summed E-state index contributed by atoms with van der Waals surface area (Å²) in [5, 5.41) is 9.63. The Morgan fingerprint density at radius 3 is 2.27 bits per heavy atom. The van der Waals surface area contributed by atoms with Crippen LogP contribution in [0.2, 0.25) is 0 Å². The third-order valence-corrected chi connectivity index (χ3v) is 4.36. The molecule has 0 bridgehead atoms. The summed E-state index contributed by atoms with van der Waals surface area (Å²) < 4.78 is 7.39. The van der Waals surface area contributed by atoms with Crippen molar-refractivity contribution in [3.05, 3.63) is 53.9 Å². The first-order chi connectivity index (χ1) is 12.2. The van der Waals surface area contributed by atoms with Crippen molar-refractivity contribution in [1.82, 2.24) is 0 Å². The smallest absolute Gasteiger partial charge is 0.169 e. The van der Waals surface area contributed by atoms with Crippen LogP contribution >= 0.6 is 0 Å². The highest BCUT2D eigenvalue weighted by Crippen LogP contribution is 2.27. The lowest BCUT2D eigenvalue weighted by Gasteiger charge is -2.03. The van der Waals surface area contributed by atoms with Gasteiger partial charge < -0.3 is 26.8 Å². The average Bonchev–Trinajstić information content (AvgIpc) is 2.65. The molecule has 0 spiro atoms. The summed E-state index contributed by atoms with van der Waals surface area (Å²) in [4.78, 5) is 0. The molecule has 0 saturated heterocycles. The SMILES string of the molecule is CCCCCCCC[n+]1ccc(C=Cc2ccc(O)c(OC)c2)cc1.[Br-]. The van der Waals surface area contributed by atoms with Crippen LogP contribution in [0, 0.1) is 0 Å². The number of phenols is 1. The molecule has 1 aromatic heterocycles. The molecule has 0 aliphatic heterocycles. The average molecular weight is 420 g/mol. The number of rotatable bonds is 10. The van der Waals surface area contributed by atoms with Crippen LogP contribution in [-0.2, 0) is 6.54 Å². The fourth-order valence-corrected chi connectivity index (χ4v) is 2.79. The summed E-state index contributed by atoms with van der Waals surface area (Å²) in [5.74, 6) is 0.655. The quantitative estimate of drug-likeness (QED) is 0.473. The first kappa shape index (κ1) is 22.2. The molecular formula is C22H30BrNO2. The fourth-order valence-electron chi connectivity index (χ4n) is 2.79. The molecule has 0 amide bonds. The number of aromatic nitrogens is 1. The van der Waals surface area contributed by atoms with Crippen molar-refractivity contribution in [3.8, 4) is 11.5 Å². The van der Waals surface area contributed by atoms with Crippen molar-refractivity contribution in [3.63, 3.8) is 0 Å². The van der Waals surface area contributed by atoms with E-state index in [0.717, 1.165) is 17.7 Å². The molecule has 1 aromatic carbocycles. The predicted octanol–water partition coefficient (Wildman–Crippen LogP) is 2.22. The fraction of sp³-hybridized carbons (Fsp3) is 0.409. The van der Waals surface area contributed by atoms with Crippen molar-refractivity contribution in [2.45, 2.75) is 52.0 Å². The molecule has 2 aromatic rings. The summed E-state index contributed by atoms with van der Waals surface area (Å²) in [6.45, 7) is 3.34. The minimum atomic E-state index is 0. The zero-order valence-corrected chi connectivity index (χ0v) is 17.4. The van der Waals surface area contributed by atoms with Crippen LogP contribution < -0.4 is 26.3 Å². The summed E-state index contributed by atoms with van der Waals surface area (Å²) in [6, 6.07) is 9.61. The number of halogens is 1. The number of aromatic hydroxyl groups is 1. The van der Waals surface area contributed by atoms with Gasteiger partial charge in [0.2, 0.25) is 0 Å². The summed E-state index contributed by atoms with van der Waals surface area (Å²) >= 11 is 0. The highest BCUT2D eigenvalue weighted by molar-refractivity contribution is 5.70. The van der Waals surface area contributed by atoms with E-state index in [-0.39, 0.29) is 22.7 Å². The molecule has 0 aliphatic carbocycles. The predicted molar refractivity (Wildman–Crippen MR) is 104 cm³/mol. The van der Waals surface area contributed by atoms with Gasteiger partial charge in [-0.1, -0.05) is 50.8 Å². The maximum Gasteiger partial charge on any atom is 0.169 e. The van der Waals surface area contributed by atoms with Crippen molar-refractivity contribution < 1.29 is 31.4 Å². The second-order valence-corrected chi connectivity index (χ2v) is 6.40. The second-order valence-electron chi connectivity index (χ2n) is 6.40. The number of hydrogen-bond donors (Lipinski definition) is 1. The van der Waals surface area contributed by atoms with Crippen LogP contribution in [0.1, 0.15) is 56.6 Å². The third-order valence-electron chi connectivity index (χ3n) is 4.36. The van der Waals surface area contributed by atoms with E-state index in [9.17, 15) is 5.11 Å². The number of aryl methyl sites for hydroxylation is 1. The van der Waals surface area contributed by atoms with Crippen molar-refractivity contribution in [1.29, 1.82) is 0 Å². The van der Waals surface area contributed by atoms with Gasteiger partial charge in [-0.2, -0.15) is 0 Å². The number of benzene rings is 1. The summed E-state index contributed by atoms with van der Waals surface area (Å²) in [5.41, 5.74) is 2.16. The molecule has 1 N–H and O–H groups in total. The molecule has 0 radical (unpaired) electrons. The van der Waals surface area contributed by atoms with E-state index in [1.54, 1.807) is 13.2 Å². The Balaban J connectivity index is 0.00000338. The van der Waals surface area contributed by atoms with E-state index in [1.165, 1.54) is 38.5 Å². The van der Waals surface area contributed by atoms with Gasteiger partial charge in [0.05, 0.1) is 7.11 Å². The van der Waals surface area contributed by atoms with Gasteiger partial charge in [-0.05, 0) is 29.7 Å². The van der Waals surface area contributed by atoms with Gasteiger partial charge in [0.15, 0.2) is 23.9 Å². The van der Waals surface area contributed by atoms with E-state index < -0.39 is 0 Å². The number of ether oxygens (including phenoxy) is 1. The molecule has 0 atom stereocenters. The normalized spacial score (nSPS) is 10.7. The zero-order valence-electron chi connectivity index (χ0n) is 15.8. The van der Waals surface area contributed by atoms with Gasteiger partial charge in [-0.25, -0.2) is 4.57 Å². The number of phenolic OH excluding ortho intramolecular Hbond substituents is 1. The van der Waals surface area contributed by atoms with Gasteiger partial charge in [0, 0.05) is 18.6 Å². The Labute approximate surface area is 168 Å². The number of hydrogen-bond acceptors (Lipinski definition) is 2. The Morgan fingerprint density at radius 2 is 1.58 bits per heavy atom. The van der Waals surface area contributed by atoms with E-state index in [4.69, 9.17) is 4.74 Å². The Kier molecular flexibility index (Phi) is 10.7. The zero-order chi connectivity index (χ0) is 17.9. The van der Waals surface area contributed by atoms with Crippen molar-refractivity contribution in [2.75, 3.05) is 7.11 Å². The van der Waals surface area contributed by atoms with Crippen LogP contribution in [0.15, 0.2) is 42.7 Å². The number of nitrogens with zero attached hydrogens (tertiary/aromatic N) is 1. The lowest BCUT2D eigenvalue weighted by molar-refractivity contribution is -0.697. The van der Waals surface area contributed by atoms with Crippen LogP contribution in [0.4, 0.5) is 0 Å². The molecule has 0 aliphatic rings. The lowest BCUT2D eigenvalue weighted by Crippen LogP contribution is -3.00. The van der Waals surface area contributed by atoms with Crippen molar-refractivity contribution >= 4 is 12.2 Å². The molecule has 0 saturated carbocycles. The van der Waals surface area contributed by atoms with E-state index in [0.29, 0.717) is 5.75 Å². The van der Waals surface area contributed by atoms with Gasteiger partial charge in [-0.15, -0.1) is 0 Å². The van der Waals surface area contributed by atoms with Crippen LogP contribution in [0.5, 0.6) is 11.5 Å². The molecule has 4 heteroatoms. The van der Waals surface area contributed by atoms with Crippen LogP contribution in [0.3, 0.4) is 0 Å². The molecule has 3 nitrogen and oxygen atoms in total. The van der Waals surface area contributed by atoms with Crippen molar-refractivity contribution in [2.24, 2.45) is 0 Å². The number of unbranched alkanes of at least 4 members (excludes halogenated alkanes) is 5. The number of pyridine rings is 1. The lowest BCUT2D eigenvalue weighted by atomic mass is 10.1. The first-order valence-corrected chi connectivity index (χ1v) is 9.27. The van der Waals surface area contributed by atoms with Crippen LogP contribution in [-0.4, -0.2) is 12.2 Å². The second kappa shape index (κ2) is 12.5.